The summed E-state index contributed by atoms with van der Waals surface area (Å²) in [6.07, 6.45) is 0. The highest BCUT2D eigenvalue weighted by Crippen LogP contribution is 2.27. The highest BCUT2D eigenvalue weighted by molar-refractivity contribution is 6.01. The van der Waals surface area contributed by atoms with Crippen molar-refractivity contribution < 1.29 is 19.1 Å². The van der Waals surface area contributed by atoms with E-state index in [4.69, 9.17) is 9.47 Å². The van der Waals surface area contributed by atoms with E-state index in [1.807, 2.05) is 25.1 Å². The lowest BCUT2D eigenvalue weighted by Crippen LogP contribution is -2.11. The zero-order valence-electron chi connectivity index (χ0n) is 12.8. The minimum atomic E-state index is -0.488. The molecule has 0 aromatic heterocycles. The monoisotopic (exact) mass is 298 g/mol. The van der Waals surface area contributed by atoms with Gasteiger partial charge in [0.1, 0.15) is 11.3 Å². The first-order chi connectivity index (χ1) is 10.6. The van der Waals surface area contributed by atoms with Gasteiger partial charge in [-0.25, -0.2) is 4.79 Å². The number of methoxy groups -OCH3 is 2. The van der Waals surface area contributed by atoms with Crippen LogP contribution in [0.5, 0.6) is 5.75 Å². The van der Waals surface area contributed by atoms with Gasteiger partial charge in [-0.2, -0.15) is 0 Å². The van der Waals surface area contributed by atoms with Gasteiger partial charge in [0.05, 0.1) is 14.2 Å². The Morgan fingerprint density at radius 3 is 2.27 bits per heavy atom. The molecule has 2 aromatic carbocycles. The summed E-state index contributed by atoms with van der Waals surface area (Å²) in [5.41, 5.74) is 1.70. The van der Waals surface area contributed by atoms with Gasteiger partial charge >= 0.3 is 5.97 Å². The summed E-state index contributed by atoms with van der Waals surface area (Å²) >= 11 is 0. The molecule has 2 rings (SSSR count). The van der Waals surface area contributed by atoms with Gasteiger partial charge < -0.3 is 9.47 Å². The van der Waals surface area contributed by atoms with E-state index in [1.54, 1.807) is 30.3 Å². The molecular weight excluding hydrogens is 280 g/mol. The van der Waals surface area contributed by atoms with Gasteiger partial charge in [0.25, 0.3) is 0 Å². The normalized spacial score (nSPS) is 11.6. The molecule has 1 atom stereocenters. The fourth-order valence-electron chi connectivity index (χ4n) is 2.27. The molecule has 0 N–H and O–H groups in total. The number of Topliss-reactive ketones (excluding diaryl/α,β-unsaturated/α-hetero) is 1. The van der Waals surface area contributed by atoms with Crippen molar-refractivity contribution in [3.63, 3.8) is 0 Å². The van der Waals surface area contributed by atoms with E-state index in [2.05, 4.69) is 0 Å². The van der Waals surface area contributed by atoms with Crippen LogP contribution < -0.4 is 4.74 Å². The Hall–Kier alpha value is -2.62. The van der Waals surface area contributed by atoms with Gasteiger partial charge in [0, 0.05) is 11.5 Å². The van der Waals surface area contributed by atoms with Crippen LogP contribution >= 0.6 is 0 Å². The van der Waals surface area contributed by atoms with Crippen LogP contribution in [0.15, 0.2) is 48.5 Å². The Kier molecular flexibility index (Phi) is 4.94. The number of carbonyl (C=O) groups is 2. The summed E-state index contributed by atoms with van der Waals surface area (Å²) < 4.78 is 9.92. The van der Waals surface area contributed by atoms with Crippen molar-refractivity contribution in [1.29, 1.82) is 0 Å². The van der Waals surface area contributed by atoms with E-state index in [1.165, 1.54) is 14.2 Å². The largest absolute Gasteiger partial charge is 0.496 e. The molecule has 4 heteroatoms. The molecule has 0 saturated carbocycles. The van der Waals surface area contributed by atoms with E-state index in [-0.39, 0.29) is 11.7 Å². The Morgan fingerprint density at radius 2 is 1.68 bits per heavy atom. The predicted octanol–water partition coefficient (Wildman–Crippen LogP) is 3.47. The lowest BCUT2D eigenvalue weighted by atomic mass is 9.91. The molecule has 22 heavy (non-hydrogen) atoms. The number of carbonyl (C=O) groups excluding carboxylic acids is 2. The van der Waals surface area contributed by atoms with Gasteiger partial charge in [0.15, 0.2) is 5.78 Å². The Bertz CT molecular complexity index is 677. The molecule has 114 valence electrons. The lowest BCUT2D eigenvalue weighted by molar-refractivity contribution is 0.0596. The smallest absolute Gasteiger partial charge is 0.341 e. The summed E-state index contributed by atoms with van der Waals surface area (Å²) in [6.45, 7) is 1.82. The number of ketones is 1. The second kappa shape index (κ2) is 6.89. The zero-order chi connectivity index (χ0) is 16.1. The van der Waals surface area contributed by atoms with Gasteiger partial charge in [-0.3, -0.25) is 4.79 Å². The molecule has 0 bridgehead atoms. The van der Waals surface area contributed by atoms with Crippen LogP contribution in [-0.2, 0) is 4.74 Å². The van der Waals surface area contributed by atoms with E-state index in [0.29, 0.717) is 16.9 Å². The average molecular weight is 298 g/mol. The van der Waals surface area contributed by atoms with Crippen molar-refractivity contribution in [2.24, 2.45) is 0 Å². The maximum Gasteiger partial charge on any atom is 0.341 e. The lowest BCUT2D eigenvalue weighted by Gasteiger charge is -2.14. The highest BCUT2D eigenvalue weighted by atomic mass is 16.5. The SMILES string of the molecule is COC(=O)c1cc(C(C)C(=O)c2ccccc2)ccc1OC. The Labute approximate surface area is 129 Å². The van der Waals surface area contributed by atoms with E-state index in [9.17, 15) is 9.59 Å². The second-order valence-corrected chi connectivity index (χ2v) is 4.90. The molecule has 0 aliphatic heterocycles. The molecule has 0 amide bonds. The molecule has 0 aliphatic rings. The number of esters is 1. The summed E-state index contributed by atoms with van der Waals surface area (Å²) in [7, 11) is 2.80. The van der Waals surface area contributed by atoms with Crippen LogP contribution in [0.1, 0.15) is 39.1 Å². The van der Waals surface area contributed by atoms with Gasteiger partial charge in [-0.1, -0.05) is 43.3 Å². The highest BCUT2D eigenvalue weighted by Gasteiger charge is 2.20. The number of ether oxygens (including phenoxy) is 2. The van der Waals surface area contributed by atoms with Crippen molar-refractivity contribution in [2.75, 3.05) is 14.2 Å². The van der Waals surface area contributed by atoms with Crippen molar-refractivity contribution >= 4 is 11.8 Å². The number of hydrogen-bond acceptors (Lipinski definition) is 4. The fraction of sp³-hybridized carbons (Fsp3) is 0.222. The first-order valence-electron chi connectivity index (χ1n) is 6.94. The van der Waals surface area contributed by atoms with Crippen molar-refractivity contribution in [2.45, 2.75) is 12.8 Å². The van der Waals surface area contributed by atoms with Crippen LogP contribution in [-0.4, -0.2) is 26.0 Å². The summed E-state index contributed by atoms with van der Waals surface area (Å²) in [6, 6.07) is 14.2. The summed E-state index contributed by atoms with van der Waals surface area (Å²) in [4.78, 5) is 24.3. The number of benzene rings is 2. The molecule has 0 saturated heterocycles. The van der Waals surface area contributed by atoms with E-state index in [0.717, 1.165) is 5.56 Å². The molecule has 4 nitrogen and oxygen atoms in total. The van der Waals surface area contributed by atoms with E-state index < -0.39 is 5.97 Å². The maximum atomic E-state index is 12.5. The number of rotatable bonds is 5. The summed E-state index contributed by atoms with van der Waals surface area (Å²) in [5, 5.41) is 0. The van der Waals surface area contributed by atoms with Crippen LogP contribution in [0.4, 0.5) is 0 Å². The minimum absolute atomic E-state index is 0.00147. The molecular formula is C18H18O4. The van der Waals surface area contributed by atoms with Crippen LogP contribution in [0.2, 0.25) is 0 Å². The second-order valence-electron chi connectivity index (χ2n) is 4.90. The van der Waals surface area contributed by atoms with Gasteiger partial charge in [-0.15, -0.1) is 0 Å². The minimum Gasteiger partial charge on any atom is -0.496 e. The molecule has 1 unspecified atom stereocenters. The predicted molar refractivity (Wildman–Crippen MR) is 83.5 cm³/mol. The maximum absolute atomic E-state index is 12.5. The quantitative estimate of drug-likeness (QED) is 0.626. The van der Waals surface area contributed by atoms with Crippen molar-refractivity contribution in [3.05, 3.63) is 65.2 Å². The van der Waals surface area contributed by atoms with Crippen molar-refractivity contribution in [3.8, 4) is 5.75 Å². The first-order valence-corrected chi connectivity index (χ1v) is 6.94. The Morgan fingerprint density at radius 1 is 1.00 bits per heavy atom. The third-order valence-corrected chi connectivity index (χ3v) is 3.58. The molecule has 0 heterocycles. The standard InChI is InChI=1S/C18H18O4/c1-12(17(19)13-7-5-4-6-8-13)14-9-10-16(21-2)15(11-14)18(20)22-3/h4-12H,1-3H3. The van der Waals surface area contributed by atoms with Crippen LogP contribution in [0.25, 0.3) is 0 Å². The third kappa shape index (κ3) is 3.17. The van der Waals surface area contributed by atoms with Gasteiger partial charge in [0.2, 0.25) is 0 Å². The van der Waals surface area contributed by atoms with Crippen LogP contribution in [0.3, 0.4) is 0 Å². The molecule has 0 aliphatic carbocycles. The summed E-state index contributed by atoms with van der Waals surface area (Å²) in [5.74, 6) is -0.425. The topological polar surface area (TPSA) is 52.6 Å². The van der Waals surface area contributed by atoms with Crippen molar-refractivity contribution in [1.82, 2.24) is 0 Å². The van der Waals surface area contributed by atoms with Gasteiger partial charge in [-0.05, 0) is 17.7 Å². The molecule has 0 spiro atoms. The zero-order valence-corrected chi connectivity index (χ0v) is 12.8. The molecule has 0 radical (unpaired) electrons. The van der Waals surface area contributed by atoms with Crippen LogP contribution in [0, 0.1) is 0 Å². The molecule has 0 fully saturated rings. The Balaban J connectivity index is 2.36. The fourth-order valence-corrected chi connectivity index (χ4v) is 2.27. The average Bonchev–Trinajstić information content (AvgIpc) is 2.59. The molecule has 2 aromatic rings. The first kappa shape index (κ1) is 15.8. The van der Waals surface area contributed by atoms with E-state index >= 15 is 0 Å². The number of hydrogen-bond donors (Lipinski definition) is 0. The third-order valence-electron chi connectivity index (χ3n) is 3.58.